The summed E-state index contributed by atoms with van der Waals surface area (Å²) < 4.78 is 39.0. The Bertz CT molecular complexity index is 1340. The highest BCUT2D eigenvalue weighted by atomic mass is 32.2. The summed E-state index contributed by atoms with van der Waals surface area (Å²) in [5.74, 6) is -0.481. The SMILES string of the molecule is CCn1c(=O)/c(=C/C=C2/SC=C(C)N2CCCCS(=O)(=O)O)s/c1=C1\SC(=S)N(CCOC)C1=O. The molecule has 2 aliphatic rings. The zero-order chi connectivity index (χ0) is 25.8. The van der Waals surface area contributed by atoms with E-state index in [2.05, 4.69) is 4.90 Å². The van der Waals surface area contributed by atoms with Crippen molar-refractivity contribution < 1.29 is 22.5 Å². The molecule has 3 heterocycles. The number of hydrogen-bond donors (Lipinski definition) is 1. The van der Waals surface area contributed by atoms with E-state index in [1.165, 1.54) is 39.8 Å². The molecule has 0 saturated carbocycles. The number of thiazole rings is 1. The monoisotopic (exact) mass is 577 g/mol. The number of ether oxygens (including phenoxy) is 1. The van der Waals surface area contributed by atoms with Crippen LogP contribution in [0, 0.1) is 0 Å². The third-order valence-corrected chi connectivity index (χ3v) is 9.82. The van der Waals surface area contributed by atoms with Crippen LogP contribution in [0.4, 0.5) is 0 Å². The molecule has 3 rings (SSSR count). The summed E-state index contributed by atoms with van der Waals surface area (Å²) >= 11 is 9.36. The van der Waals surface area contributed by atoms with E-state index in [0.717, 1.165) is 10.7 Å². The Hall–Kier alpha value is -1.42. The van der Waals surface area contributed by atoms with Gasteiger partial charge >= 0.3 is 0 Å². The highest BCUT2D eigenvalue weighted by Crippen LogP contribution is 2.34. The zero-order valence-electron chi connectivity index (χ0n) is 19.6. The Balaban J connectivity index is 1.89. The number of amides is 1. The molecule has 1 aromatic rings. The maximum Gasteiger partial charge on any atom is 0.269 e. The molecule has 0 spiro atoms. The highest BCUT2D eigenvalue weighted by molar-refractivity contribution is 8.30. The van der Waals surface area contributed by atoms with Crippen molar-refractivity contribution in [3.05, 3.63) is 41.8 Å². The topological polar surface area (TPSA) is 109 Å². The average Bonchev–Trinajstić information content (AvgIpc) is 3.40. The molecule has 14 heteroatoms. The van der Waals surface area contributed by atoms with E-state index >= 15 is 0 Å². The summed E-state index contributed by atoms with van der Waals surface area (Å²) in [6, 6.07) is 0. The molecule has 35 heavy (non-hydrogen) atoms. The number of carbonyl (C=O) groups excluding carboxylic acids is 1. The van der Waals surface area contributed by atoms with Crippen LogP contribution in [-0.2, 0) is 26.2 Å². The molecule has 0 unspecified atom stereocenters. The number of aromatic nitrogens is 1. The first-order chi connectivity index (χ1) is 16.6. The van der Waals surface area contributed by atoms with Crippen LogP contribution in [0.15, 0.2) is 27.0 Å². The van der Waals surface area contributed by atoms with Gasteiger partial charge in [0.1, 0.15) is 13.9 Å². The molecule has 0 bridgehead atoms. The molecule has 1 amide bonds. The molecule has 1 fully saturated rings. The summed E-state index contributed by atoms with van der Waals surface area (Å²) in [5.41, 5.74) is 0.853. The van der Waals surface area contributed by atoms with E-state index in [9.17, 15) is 18.0 Å². The quantitative estimate of drug-likeness (QED) is 0.251. The lowest BCUT2D eigenvalue weighted by Gasteiger charge is -2.21. The van der Waals surface area contributed by atoms with Crippen molar-refractivity contribution in [3.63, 3.8) is 0 Å². The van der Waals surface area contributed by atoms with Crippen LogP contribution in [0.5, 0.6) is 0 Å². The Labute approximate surface area is 221 Å². The van der Waals surface area contributed by atoms with Gasteiger partial charge in [0.25, 0.3) is 21.6 Å². The Morgan fingerprint density at radius 1 is 1.17 bits per heavy atom. The molecule has 1 aromatic heterocycles. The molecular formula is C21H27N3O6S5. The van der Waals surface area contributed by atoms with Crippen LogP contribution < -0.4 is 14.8 Å². The van der Waals surface area contributed by atoms with Crippen LogP contribution >= 0.6 is 47.1 Å². The van der Waals surface area contributed by atoms with Crippen molar-refractivity contribution in [3.8, 4) is 0 Å². The Morgan fingerprint density at radius 3 is 2.57 bits per heavy atom. The van der Waals surface area contributed by atoms with E-state index in [-0.39, 0.29) is 17.2 Å². The number of nitrogens with zero attached hydrogens (tertiary/aromatic N) is 3. The van der Waals surface area contributed by atoms with Gasteiger partial charge in [-0.15, -0.1) is 11.3 Å². The minimum Gasteiger partial charge on any atom is -0.383 e. The number of hydrogen-bond acceptors (Lipinski definition) is 10. The van der Waals surface area contributed by atoms with Crippen LogP contribution in [0.1, 0.15) is 26.7 Å². The van der Waals surface area contributed by atoms with Crippen LogP contribution in [0.2, 0.25) is 0 Å². The molecule has 1 N–H and O–H groups in total. The van der Waals surface area contributed by atoms with E-state index in [4.69, 9.17) is 21.5 Å². The number of methoxy groups -OCH3 is 1. The minimum absolute atomic E-state index is 0.168. The van der Waals surface area contributed by atoms with Crippen molar-refractivity contribution in [2.45, 2.75) is 33.2 Å². The lowest BCUT2D eigenvalue weighted by molar-refractivity contribution is -0.121. The molecule has 1 saturated heterocycles. The minimum atomic E-state index is -3.96. The summed E-state index contributed by atoms with van der Waals surface area (Å²) in [6.45, 7) is 5.57. The Morgan fingerprint density at radius 2 is 1.91 bits per heavy atom. The van der Waals surface area contributed by atoms with Crippen molar-refractivity contribution in [2.75, 3.05) is 32.6 Å². The number of thioether (sulfide) groups is 2. The third-order valence-electron chi connectivity index (χ3n) is 5.24. The number of thiocarbonyl (C=S) groups is 1. The molecule has 0 aliphatic carbocycles. The van der Waals surface area contributed by atoms with Gasteiger partial charge in [0.15, 0.2) is 0 Å². The lowest BCUT2D eigenvalue weighted by atomic mass is 10.3. The second-order valence-electron chi connectivity index (χ2n) is 7.66. The van der Waals surface area contributed by atoms with Gasteiger partial charge in [-0.2, -0.15) is 8.42 Å². The van der Waals surface area contributed by atoms with Gasteiger partial charge in [0, 0.05) is 25.9 Å². The summed E-state index contributed by atoms with van der Waals surface area (Å²) in [4.78, 5) is 30.0. The summed E-state index contributed by atoms with van der Waals surface area (Å²) in [7, 11) is -2.40. The van der Waals surface area contributed by atoms with Gasteiger partial charge < -0.3 is 9.64 Å². The number of rotatable bonds is 10. The standard InChI is InChI=1S/C21H27N3O6S5/c1-4-22-18(25)15(33-20(22)17-19(26)24(10-11-30-3)21(31)34-17)7-8-16-23(14(2)13-32-16)9-5-6-12-35(27,28)29/h7-8,13H,4-6,9-12H2,1-3H3,(H,27,28,29)/b15-7-,16-8+,20-17-. The van der Waals surface area contributed by atoms with E-state index in [1.54, 1.807) is 17.8 Å². The predicted molar refractivity (Wildman–Crippen MR) is 147 cm³/mol. The van der Waals surface area contributed by atoms with Crippen molar-refractivity contribution in [2.24, 2.45) is 0 Å². The van der Waals surface area contributed by atoms with Crippen molar-refractivity contribution in [1.82, 2.24) is 14.4 Å². The van der Waals surface area contributed by atoms with Crippen LogP contribution in [-0.4, -0.2) is 70.1 Å². The van der Waals surface area contributed by atoms with Gasteiger partial charge in [-0.25, -0.2) is 0 Å². The third kappa shape index (κ3) is 6.87. The van der Waals surface area contributed by atoms with Crippen molar-refractivity contribution >= 4 is 78.4 Å². The highest BCUT2D eigenvalue weighted by Gasteiger charge is 2.33. The fraction of sp³-hybridized carbons (Fsp3) is 0.476. The van der Waals surface area contributed by atoms with Gasteiger partial charge in [-0.05, 0) is 44.2 Å². The molecule has 9 nitrogen and oxygen atoms in total. The predicted octanol–water partition coefficient (Wildman–Crippen LogP) is 1.74. The number of allylic oxidation sites excluding steroid dienone is 2. The largest absolute Gasteiger partial charge is 0.383 e. The zero-order valence-corrected chi connectivity index (χ0v) is 23.6. The second-order valence-corrected chi connectivity index (χ2v) is 12.8. The lowest BCUT2D eigenvalue weighted by Crippen LogP contribution is -2.34. The fourth-order valence-electron chi connectivity index (χ4n) is 3.46. The van der Waals surface area contributed by atoms with E-state index in [1.807, 2.05) is 25.3 Å². The maximum absolute atomic E-state index is 13.1. The van der Waals surface area contributed by atoms with E-state index < -0.39 is 10.1 Å². The van der Waals surface area contributed by atoms with Crippen LogP contribution in [0.25, 0.3) is 11.0 Å². The summed E-state index contributed by atoms with van der Waals surface area (Å²) in [5, 5.41) is 2.91. The molecule has 2 aliphatic heterocycles. The van der Waals surface area contributed by atoms with Crippen molar-refractivity contribution in [1.29, 1.82) is 0 Å². The number of unbranched alkanes of at least 4 members (excludes halogenated alkanes) is 1. The Kier molecular flexibility index (Phi) is 9.82. The average molecular weight is 578 g/mol. The van der Waals surface area contributed by atoms with Gasteiger partial charge in [-0.3, -0.25) is 23.6 Å². The maximum atomic E-state index is 13.1. The van der Waals surface area contributed by atoms with Gasteiger partial charge in [-0.1, -0.05) is 35.7 Å². The van der Waals surface area contributed by atoms with E-state index in [0.29, 0.717) is 57.5 Å². The molecule has 0 radical (unpaired) electrons. The fourth-order valence-corrected chi connectivity index (χ4v) is 7.52. The first kappa shape index (κ1) is 28.2. The van der Waals surface area contributed by atoms with Gasteiger partial charge in [0.2, 0.25) is 0 Å². The smallest absolute Gasteiger partial charge is 0.269 e. The second kappa shape index (κ2) is 12.2. The molecule has 192 valence electrons. The molecule has 0 aromatic carbocycles. The van der Waals surface area contributed by atoms with Gasteiger partial charge in [0.05, 0.1) is 28.5 Å². The van der Waals surface area contributed by atoms with Crippen LogP contribution in [0.3, 0.4) is 0 Å². The first-order valence-electron chi connectivity index (χ1n) is 10.8. The number of carbonyl (C=O) groups is 1. The molecular weight excluding hydrogens is 551 g/mol. The normalized spacial score (nSPS) is 20.1. The molecule has 0 atom stereocenters. The first-order valence-corrected chi connectivity index (χ1v) is 15.3. The summed E-state index contributed by atoms with van der Waals surface area (Å²) in [6.07, 6.45) is 4.56.